The molecule has 1 aliphatic rings. The van der Waals surface area contributed by atoms with E-state index in [0.717, 1.165) is 12.8 Å². The van der Waals surface area contributed by atoms with Crippen LogP contribution in [0.15, 0.2) is 18.2 Å². The number of nitriles is 1. The van der Waals surface area contributed by atoms with Crippen molar-refractivity contribution >= 4 is 11.7 Å². The number of anilines is 1. The Balaban J connectivity index is 2.33. The molecule has 0 amide bonds. The van der Waals surface area contributed by atoms with E-state index in [-0.39, 0.29) is 5.56 Å². The van der Waals surface area contributed by atoms with Gasteiger partial charge in [0.05, 0.1) is 16.7 Å². The zero-order valence-electron chi connectivity index (χ0n) is 12.1. The molecule has 1 N–H and O–H groups in total. The minimum atomic E-state index is -0.783. The Kier molecular flexibility index (Phi) is 4.46. The van der Waals surface area contributed by atoms with Crippen LogP contribution >= 0.6 is 0 Å². The Morgan fingerprint density at radius 1 is 1.57 bits per heavy atom. The highest BCUT2D eigenvalue weighted by Gasteiger charge is 2.41. The molecule has 1 unspecified atom stereocenters. The van der Waals surface area contributed by atoms with Gasteiger partial charge in [-0.05, 0) is 37.5 Å². The van der Waals surface area contributed by atoms with Crippen molar-refractivity contribution in [3.63, 3.8) is 0 Å². The monoisotopic (exact) mass is 290 g/mol. The van der Waals surface area contributed by atoms with Crippen molar-refractivity contribution < 1.29 is 14.3 Å². The third kappa shape index (κ3) is 2.99. The molecule has 4 nitrogen and oxygen atoms in total. The number of hydrogen-bond donors (Lipinski definition) is 1. The lowest BCUT2D eigenvalue weighted by atomic mass is 9.76. The standard InChI is InChI=1S/C16H19FN2O2/c1-2-6-16(15(20)21)7-3-8-19(11-16)14-5-4-13(17)9-12(14)10-18/h4-5,9H,2-3,6-8,11H2,1H3,(H,20,21). The maximum atomic E-state index is 13.2. The highest BCUT2D eigenvalue weighted by atomic mass is 19.1. The first kappa shape index (κ1) is 15.3. The minimum Gasteiger partial charge on any atom is -0.481 e. The van der Waals surface area contributed by atoms with Gasteiger partial charge in [-0.1, -0.05) is 13.3 Å². The molecule has 1 atom stereocenters. The van der Waals surface area contributed by atoms with Gasteiger partial charge in [0.2, 0.25) is 0 Å². The predicted molar refractivity (Wildman–Crippen MR) is 77.5 cm³/mol. The van der Waals surface area contributed by atoms with Gasteiger partial charge in [-0.25, -0.2) is 4.39 Å². The summed E-state index contributed by atoms with van der Waals surface area (Å²) in [6.45, 7) is 3.04. The Morgan fingerprint density at radius 3 is 2.95 bits per heavy atom. The molecule has 1 heterocycles. The van der Waals surface area contributed by atoms with Gasteiger partial charge >= 0.3 is 5.97 Å². The van der Waals surface area contributed by atoms with Crippen LogP contribution < -0.4 is 4.90 Å². The number of carboxylic acids is 1. The molecule has 0 radical (unpaired) electrons. The van der Waals surface area contributed by atoms with E-state index >= 15 is 0 Å². The summed E-state index contributed by atoms with van der Waals surface area (Å²) in [6, 6.07) is 6.07. The minimum absolute atomic E-state index is 0.257. The van der Waals surface area contributed by atoms with Crippen molar-refractivity contribution in [1.82, 2.24) is 0 Å². The zero-order chi connectivity index (χ0) is 15.5. The van der Waals surface area contributed by atoms with E-state index in [2.05, 4.69) is 0 Å². The number of carboxylic acid groups (broad SMARTS) is 1. The number of benzene rings is 1. The maximum Gasteiger partial charge on any atom is 0.311 e. The molecule has 112 valence electrons. The molecule has 1 aromatic carbocycles. The zero-order valence-corrected chi connectivity index (χ0v) is 12.1. The van der Waals surface area contributed by atoms with Gasteiger partial charge in [-0.2, -0.15) is 5.26 Å². The van der Waals surface area contributed by atoms with Gasteiger partial charge in [0, 0.05) is 13.1 Å². The lowest BCUT2D eigenvalue weighted by molar-refractivity contribution is -0.150. The Morgan fingerprint density at radius 2 is 2.33 bits per heavy atom. The summed E-state index contributed by atoms with van der Waals surface area (Å²) in [5, 5.41) is 18.8. The molecule has 21 heavy (non-hydrogen) atoms. The molecule has 1 fully saturated rings. The first-order valence-corrected chi connectivity index (χ1v) is 7.20. The van der Waals surface area contributed by atoms with E-state index in [1.165, 1.54) is 12.1 Å². The van der Waals surface area contributed by atoms with Gasteiger partial charge in [0.1, 0.15) is 11.9 Å². The second kappa shape index (κ2) is 6.13. The Labute approximate surface area is 123 Å². The highest BCUT2D eigenvalue weighted by Crippen LogP contribution is 2.37. The van der Waals surface area contributed by atoms with Crippen LogP contribution in [0.2, 0.25) is 0 Å². The largest absolute Gasteiger partial charge is 0.481 e. The SMILES string of the molecule is CCCC1(C(=O)O)CCCN(c2ccc(F)cc2C#N)C1. The van der Waals surface area contributed by atoms with Gasteiger partial charge < -0.3 is 10.0 Å². The van der Waals surface area contributed by atoms with Crippen LogP contribution in [0.3, 0.4) is 0 Å². The topological polar surface area (TPSA) is 64.3 Å². The van der Waals surface area contributed by atoms with Gasteiger partial charge in [-0.15, -0.1) is 0 Å². The molecule has 1 aromatic rings. The average molecular weight is 290 g/mol. The van der Waals surface area contributed by atoms with Crippen LogP contribution in [0.5, 0.6) is 0 Å². The van der Waals surface area contributed by atoms with Crippen molar-refractivity contribution in [3.8, 4) is 6.07 Å². The summed E-state index contributed by atoms with van der Waals surface area (Å²) in [6.07, 6.45) is 2.82. The van der Waals surface area contributed by atoms with Gasteiger partial charge in [-0.3, -0.25) is 4.79 Å². The Hall–Kier alpha value is -2.09. The summed E-state index contributed by atoms with van der Waals surface area (Å²) in [4.78, 5) is 13.6. The van der Waals surface area contributed by atoms with Crippen molar-refractivity contribution in [2.75, 3.05) is 18.0 Å². The lowest BCUT2D eigenvalue weighted by Crippen LogP contribution is -2.48. The molecular weight excluding hydrogens is 271 g/mol. The fourth-order valence-corrected chi connectivity index (χ4v) is 3.18. The van der Waals surface area contributed by atoms with E-state index in [1.807, 2.05) is 17.9 Å². The number of nitrogens with zero attached hydrogens (tertiary/aromatic N) is 2. The quantitative estimate of drug-likeness (QED) is 0.925. The molecule has 1 saturated heterocycles. The molecule has 0 bridgehead atoms. The number of carbonyl (C=O) groups is 1. The molecule has 0 spiro atoms. The molecule has 5 heteroatoms. The summed E-state index contributed by atoms with van der Waals surface area (Å²) in [5.41, 5.74) is 0.113. The summed E-state index contributed by atoms with van der Waals surface area (Å²) in [7, 11) is 0. The van der Waals surface area contributed by atoms with Crippen molar-refractivity contribution in [3.05, 3.63) is 29.6 Å². The third-order valence-electron chi connectivity index (χ3n) is 4.18. The fourth-order valence-electron chi connectivity index (χ4n) is 3.18. The van der Waals surface area contributed by atoms with Crippen molar-refractivity contribution in [2.24, 2.45) is 5.41 Å². The number of piperidine rings is 1. The van der Waals surface area contributed by atoms with E-state index in [9.17, 15) is 14.3 Å². The first-order chi connectivity index (χ1) is 10.0. The van der Waals surface area contributed by atoms with Crippen LogP contribution in [-0.2, 0) is 4.79 Å². The van der Waals surface area contributed by atoms with E-state index in [0.29, 0.717) is 31.6 Å². The van der Waals surface area contributed by atoms with Crippen molar-refractivity contribution in [2.45, 2.75) is 32.6 Å². The van der Waals surface area contributed by atoms with Crippen molar-refractivity contribution in [1.29, 1.82) is 5.26 Å². The molecule has 1 aliphatic heterocycles. The Bertz CT molecular complexity index is 578. The van der Waals surface area contributed by atoms with Crippen LogP contribution in [0.4, 0.5) is 10.1 Å². The van der Waals surface area contributed by atoms with Gasteiger partial charge in [0.15, 0.2) is 0 Å². The predicted octanol–water partition coefficient (Wildman–Crippen LogP) is 3.17. The number of halogens is 1. The molecule has 0 aromatic heterocycles. The normalized spacial score (nSPS) is 21.9. The third-order valence-corrected chi connectivity index (χ3v) is 4.18. The van der Waals surface area contributed by atoms with Crippen LogP contribution in [0.1, 0.15) is 38.2 Å². The number of hydrogen-bond acceptors (Lipinski definition) is 3. The first-order valence-electron chi connectivity index (χ1n) is 7.20. The van der Waals surface area contributed by atoms with Gasteiger partial charge in [0.25, 0.3) is 0 Å². The smallest absolute Gasteiger partial charge is 0.311 e. The second-order valence-electron chi connectivity index (χ2n) is 5.63. The van der Waals surface area contributed by atoms with E-state index < -0.39 is 17.2 Å². The number of aliphatic carboxylic acids is 1. The second-order valence-corrected chi connectivity index (χ2v) is 5.63. The molecular formula is C16H19FN2O2. The molecule has 0 aliphatic carbocycles. The van der Waals surface area contributed by atoms with Crippen LogP contribution in [0, 0.1) is 22.6 Å². The average Bonchev–Trinajstić information content (AvgIpc) is 2.47. The van der Waals surface area contributed by atoms with Crippen LogP contribution in [0.25, 0.3) is 0 Å². The summed E-state index contributed by atoms with van der Waals surface area (Å²) >= 11 is 0. The summed E-state index contributed by atoms with van der Waals surface area (Å²) in [5.74, 6) is -1.24. The lowest BCUT2D eigenvalue weighted by Gasteiger charge is -2.41. The fraction of sp³-hybridized carbons (Fsp3) is 0.500. The van der Waals surface area contributed by atoms with Crippen LogP contribution in [-0.4, -0.2) is 24.2 Å². The maximum absolute atomic E-state index is 13.2. The molecule has 2 rings (SSSR count). The highest BCUT2D eigenvalue weighted by molar-refractivity contribution is 5.76. The summed E-state index contributed by atoms with van der Waals surface area (Å²) < 4.78 is 13.2. The van der Waals surface area contributed by atoms with E-state index in [1.54, 1.807) is 6.07 Å². The van der Waals surface area contributed by atoms with E-state index in [4.69, 9.17) is 5.26 Å². The number of rotatable bonds is 4. The molecule has 0 saturated carbocycles.